The number of aromatic nitrogens is 4. The molecule has 29 heavy (non-hydrogen) atoms. The molecule has 150 valence electrons. The Hall–Kier alpha value is -3.53. The second kappa shape index (κ2) is 7.84. The molecule has 10 heteroatoms. The lowest BCUT2D eigenvalue weighted by atomic mass is 10.1. The highest BCUT2D eigenvalue weighted by Crippen LogP contribution is 2.23. The van der Waals surface area contributed by atoms with E-state index >= 15 is 0 Å². The summed E-state index contributed by atoms with van der Waals surface area (Å²) < 4.78 is 17.3. The molecular formula is C19H21N7O3. The van der Waals surface area contributed by atoms with Gasteiger partial charge in [0.25, 0.3) is 5.88 Å². The molecule has 4 heterocycles. The number of hydrogen-bond acceptors (Lipinski definition) is 9. The highest BCUT2D eigenvalue weighted by molar-refractivity contribution is 5.95. The fraction of sp³-hybridized carbons (Fsp3) is 0.316. The van der Waals surface area contributed by atoms with Crippen molar-refractivity contribution in [3.05, 3.63) is 58.2 Å². The molecular weight excluding hydrogens is 374 g/mol. The summed E-state index contributed by atoms with van der Waals surface area (Å²) in [6.07, 6.45) is 0.882. The van der Waals surface area contributed by atoms with Gasteiger partial charge in [0.05, 0.1) is 12.8 Å². The smallest absolute Gasteiger partial charge is 0.275 e. The van der Waals surface area contributed by atoms with E-state index in [2.05, 4.69) is 20.6 Å². The third-order valence-electron chi connectivity index (χ3n) is 4.54. The highest BCUT2D eigenvalue weighted by atomic mass is 16.5. The van der Waals surface area contributed by atoms with E-state index in [0.29, 0.717) is 11.5 Å². The number of rotatable bonds is 5. The molecule has 3 N–H and O–H groups in total. The van der Waals surface area contributed by atoms with E-state index in [1.54, 1.807) is 13.0 Å². The predicted octanol–water partition coefficient (Wildman–Crippen LogP) is 1.16. The van der Waals surface area contributed by atoms with Gasteiger partial charge in [-0.2, -0.15) is 4.68 Å². The van der Waals surface area contributed by atoms with Crippen LogP contribution < -0.4 is 20.3 Å². The number of hydrogen-bond donors (Lipinski definition) is 3. The summed E-state index contributed by atoms with van der Waals surface area (Å²) in [5.74, 6) is 0.932. The van der Waals surface area contributed by atoms with Gasteiger partial charge in [0.2, 0.25) is 0 Å². The minimum absolute atomic E-state index is 0.0424. The fourth-order valence-electron chi connectivity index (χ4n) is 3.05. The van der Waals surface area contributed by atoms with E-state index in [1.165, 1.54) is 18.7 Å². The summed E-state index contributed by atoms with van der Waals surface area (Å²) in [5.41, 5.74) is 3.28. The van der Waals surface area contributed by atoms with Crippen LogP contribution in [0, 0.1) is 17.7 Å². The van der Waals surface area contributed by atoms with Crippen molar-refractivity contribution < 1.29 is 14.0 Å². The summed E-state index contributed by atoms with van der Waals surface area (Å²) in [7, 11) is 1.48. The lowest BCUT2D eigenvalue weighted by Gasteiger charge is -2.17. The Balaban J connectivity index is 1.59. The van der Waals surface area contributed by atoms with E-state index in [9.17, 15) is 0 Å². The second-order valence-corrected chi connectivity index (χ2v) is 6.61. The zero-order valence-electron chi connectivity index (χ0n) is 16.2. The van der Waals surface area contributed by atoms with Crippen LogP contribution in [0.2, 0.25) is 0 Å². The molecule has 4 rings (SSSR count). The van der Waals surface area contributed by atoms with Crippen molar-refractivity contribution in [3.8, 4) is 11.6 Å². The van der Waals surface area contributed by atoms with Crippen molar-refractivity contribution in [2.24, 2.45) is 0 Å². The average molecular weight is 395 g/mol. The number of aryl methyl sites for hydroxylation is 1. The Kier molecular flexibility index (Phi) is 5.09. The van der Waals surface area contributed by atoms with Crippen molar-refractivity contribution in [1.82, 2.24) is 25.2 Å². The molecule has 3 aromatic heterocycles. The minimum atomic E-state index is -0.0984. The fourth-order valence-corrected chi connectivity index (χ4v) is 3.05. The Morgan fingerprint density at radius 1 is 1.34 bits per heavy atom. The van der Waals surface area contributed by atoms with Crippen LogP contribution in [-0.4, -0.2) is 39.4 Å². The lowest BCUT2D eigenvalue weighted by molar-refractivity contribution is 0.261. The summed E-state index contributed by atoms with van der Waals surface area (Å²) in [4.78, 5) is 4.67. The molecule has 0 atom stereocenters. The zero-order valence-corrected chi connectivity index (χ0v) is 16.2. The number of nitrogens with one attached hydrogen (secondary N) is 3. The maximum Gasteiger partial charge on any atom is 0.275 e. The molecule has 3 aromatic rings. The average Bonchev–Trinajstić information content (AvgIpc) is 3.18. The minimum Gasteiger partial charge on any atom is -0.491 e. The van der Waals surface area contributed by atoms with Gasteiger partial charge in [-0.1, -0.05) is 11.2 Å². The summed E-state index contributed by atoms with van der Waals surface area (Å²) in [6, 6.07) is 7.02. The van der Waals surface area contributed by atoms with Crippen molar-refractivity contribution in [2.75, 3.05) is 13.7 Å². The monoisotopic (exact) mass is 395 g/mol. The van der Waals surface area contributed by atoms with Gasteiger partial charge in [-0.15, -0.1) is 5.10 Å². The molecule has 0 saturated heterocycles. The van der Waals surface area contributed by atoms with E-state index in [0.717, 1.165) is 35.6 Å². The molecule has 0 spiro atoms. The standard InChI is InChI=1S/C19H21N7O3/c1-11-7-15(25-29-11)18(21)26-17(20)8-16(27-2)19(24-26)28-10-13-4-3-12-9-22-6-5-14(12)23-13/h3-4,7-8,20-22H,5-6,9-10H2,1-2H3. The van der Waals surface area contributed by atoms with Gasteiger partial charge in [-0.25, -0.2) is 0 Å². The lowest BCUT2D eigenvalue weighted by Crippen LogP contribution is -2.30. The molecule has 0 aromatic carbocycles. The molecule has 0 saturated carbocycles. The molecule has 10 nitrogen and oxygen atoms in total. The van der Waals surface area contributed by atoms with Crippen LogP contribution in [0.15, 0.2) is 28.8 Å². The molecule has 0 radical (unpaired) electrons. The van der Waals surface area contributed by atoms with Gasteiger partial charge in [0.1, 0.15) is 12.4 Å². The van der Waals surface area contributed by atoms with Crippen LogP contribution >= 0.6 is 0 Å². The molecule has 1 aliphatic rings. The highest BCUT2D eigenvalue weighted by Gasteiger charge is 2.17. The molecule has 0 bridgehead atoms. The van der Waals surface area contributed by atoms with Crippen molar-refractivity contribution in [1.29, 1.82) is 10.8 Å². The SMILES string of the molecule is COc1cc(=N)n(C(=N)c2cc(C)on2)nc1OCc1ccc2c(n1)CCNC2. The second-order valence-electron chi connectivity index (χ2n) is 6.61. The van der Waals surface area contributed by atoms with Crippen molar-refractivity contribution >= 4 is 5.84 Å². The van der Waals surface area contributed by atoms with Gasteiger partial charge in [0.15, 0.2) is 22.8 Å². The van der Waals surface area contributed by atoms with E-state index in [1.807, 2.05) is 12.1 Å². The van der Waals surface area contributed by atoms with Gasteiger partial charge in [-0.3, -0.25) is 15.8 Å². The summed E-state index contributed by atoms with van der Waals surface area (Å²) in [5, 5.41) is 27.8. The summed E-state index contributed by atoms with van der Waals surface area (Å²) in [6.45, 7) is 3.66. The first kappa shape index (κ1) is 18.8. The van der Waals surface area contributed by atoms with E-state index in [4.69, 9.17) is 24.8 Å². The van der Waals surface area contributed by atoms with Crippen LogP contribution in [0.4, 0.5) is 0 Å². The van der Waals surface area contributed by atoms with E-state index < -0.39 is 0 Å². The zero-order chi connectivity index (χ0) is 20.4. The quantitative estimate of drug-likeness (QED) is 0.436. The molecule has 0 unspecified atom stereocenters. The predicted molar refractivity (Wildman–Crippen MR) is 102 cm³/mol. The Morgan fingerprint density at radius 2 is 2.21 bits per heavy atom. The van der Waals surface area contributed by atoms with E-state index in [-0.39, 0.29) is 29.5 Å². The number of methoxy groups -OCH3 is 1. The van der Waals surface area contributed by atoms with Crippen molar-refractivity contribution in [3.63, 3.8) is 0 Å². The van der Waals surface area contributed by atoms with Crippen LogP contribution in [0.3, 0.4) is 0 Å². The van der Waals surface area contributed by atoms with Crippen LogP contribution in [-0.2, 0) is 19.6 Å². The summed E-state index contributed by atoms with van der Waals surface area (Å²) >= 11 is 0. The third kappa shape index (κ3) is 3.87. The van der Waals surface area contributed by atoms with Gasteiger partial charge >= 0.3 is 0 Å². The number of nitrogens with zero attached hydrogens (tertiary/aromatic N) is 4. The topological polar surface area (TPSA) is 135 Å². The number of ether oxygens (including phenoxy) is 2. The van der Waals surface area contributed by atoms with Gasteiger partial charge < -0.3 is 19.3 Å². The molecule has 0 aliphatic carbocycles. The molecule has 1 aliphatic heterocycles. The molecule has 0 amide bonds. The Morgan fingerprint density at radius 3 is 2.97 bits per heavy atom. The van der Waals surface area contributed by atoms with Crippen LogP contribution in [0.5, 0.6) is 11.6 Å². The largest absolute Gasteiger partial charge is 0.491 e. The first-order valence-electron chi connectivity index (χ1n) is 9.12. The van der Waals surface area contributed by atoms with Crippen LogP contribution in [0.25, 0.3) is 0 Å². The van der Waals surface area contributed by atoms with Gasteiger partial charge in [0, 0.05) is 37.3 Å². The number of pyridine rings is 1. The van der Waals surface area contributed by atoms with Crippen molar-refractivity contribution in [2.45, 2.75) is 26.5 Å². The Labute approximate surface area is 166 Å². The maximum atomic E-state index is 8.29. The first-order valence-corrected chi connectivity index (χ1v) is 9.12. The molecule has 0 fully saturated rings. The van der Waals surface area contributed by atoms with Crippen LogP contribution in [0.1, 0.15) is 28.4 Å². The normalized spacial score (nSPS) is 13.0. The Bertz CT molecular complexity index is 1120. The van der Waals surface area contributed by atoms with Gasteiger partial charge in [-0.05, 0) is 18.6 Å². The maximum absolute atomic E-state index is 8.29. The number of fused-ring (bicyclic) bond motifs is 1. The first-order chi connectivity index (χ1) is 14.0. The third-order valence-corrected chi connectivity index (χ3v) is 4.54.